The number of fused-ring (bicyclic) bond motifs is 1. The van der Waals surface area contributed by atoms with E-state index in [-0.39, 0.29) is 35.0 Å². The Bertz CT molecular complexity index is 826. The van der Waals surface area contributed by atoms with Crippen LogP contribution in [0.4, 0.5) is 0 Å². The van der Waals surface area contributed by atoms with Gasteiger partial charge in [0.05, 0.1) is 19.8 Å². The molecule has 0 spiro atoms. The van der Waals surface area contributed by atoms with Crippen LogP contribution in [0.2, 0.25) is 0 Å². The molecule has 124 valence electrons. The number of carboxylic acids is 1. The molecule has 0 saturated carbocycles. The Balaban J connectivity index is 2.10. The van der Waals surface area contributed by atoms with Gasteiger partial charge in [-0.2, -0.15) is 0 Å². The van der Waals surface area contributed by atoms with Crippen molar-refractivity contribution in [1.82, 2.24) is 0 Å². The summed E-state index contributed by atoms with van der Waals surface area (Å²) >= 11 is 0. The van der Waals surface area contributed by atoms with Crippen LogP contribution in [0.1, 0.15) is 26.3 Å². The number of benzene rings is 2. The number of hydrogen-bond acceptors (Lipinski definition) is 6. The Labute approximate surface area is 137 Å². The standard InChI is InChI=1S/C17H14O7/c1-21-13-6-10(11(17(19)20)7-14(13)22-2)16(18)9-3-4-12-15(5-9)24-8-23-12/h3-7H,8H2,1-2H3,(H,19,20). The summed E-state index contributed by atoms with van der Waals surface area (Å²) in [5, 5.41) is 9.41. The van der Waals surface area contributed by atoms with E-state index in [1.165, 1.54) is 32.4 Å². The Morgan fingerprint density at radius 2 is 1.58 bits per heavy atom. The van der Waals surface area contributed by atoms with Gasteiger partial charge in [0.1, 0.15) is 0 Å². The summed E-state index contributed by atoms with van der Waals surface area (Å²) in [6, 6.07) is 7.30. The highest BCUT2D eigenvalue weighted by molar-refractivity contribution is 6.15. The van der Waals surface area contributed by atoms with Crippen LogP contribution in [0.5, 0.6) is 23.0 Å². The Morgan fingerprint density at radius 1 is 0.958 bits per heavy atom. The number of carbonyl (C=O) groups is 2. The highest BCUT2D eigenvalue weighted by atomic mass is 16.7. The molecule has 1 aliphatic rings. The normalized spacial score (nSPS) is 11.9. The van der Waals surface area contributed by atoms with Crippen molar-refractivity contribution in [2.75, 3.05) is 21.0 Å². The van der Waals surface area contributed by atoms with Crippen molar-refractivity contribution in [3.8, 4) is 23.0 Å². The molecule has 2 aromatic rings. The fourth-order valence-corrected chi connectivity index (χ4v) is 2.44. The van der Waals surface area contributed by atoms with E-state index in [2.05, 4.69) is 0 Å². The molecule has 2 aromatic carbocycles. The first-order valence-electron chi connectivity index (χ1n) is 6.98. The molecule has 0 unspecified atom stereocenters. The van der Waals surface area contributed by atoms with E-state index in [9.17, 15) is 14.7 Å². The van der Waals surface area contributed by atoms with Gasteiger partial charge in [-0.05, 0) is 30.3 Å². The molecular weight excluding hydrogens is 316 g/mol. The summed E-state index contributed by atoms with van der Waals surface area (Å²) in [5.41, 5.74) is 0.114. The number of carboxylic acid groups (broad SMARTS) is 1. The molecule has 0 atom stereocenters. The van der Waals surface area contributed by atoms with Crippen LogP contribution in [0.3, 0.4) is 0 Å². The summed E-state index contributed by atoms with van der Waals surface area (Å²) in [7, 11) is 2.80. The van der Waals surface area contributed by atoms with Gasteiger partial charge in [-0.3, -0.25) is 4.79 Å². The van der Waals surface area contributed by atoms with Gasteiger partial charge in [0.15, 0.2) is 28.8 Å². The molecule has 1 aliphatic heterocycles. The van der Waals surface area contributed by atoms with Crippen molar-refractivity contribution in [3.05, 3.63) is 47.0 Å². The lowest BCUT2D eigenvalue weighted by Gasteiger charge is -2.12. The topological polar surface area (TPSA) is 91.3 Å². The second-order valence-corrected chi connectivity index (χ2v) is 4.96. The Kier molecular flexibility index (Phi) is 3.99. The number of ketones is 1. The van der Waals surface area contributed by atoms with Crippen LogP contribution < -0.4 is 18.9 Å². The highest BCUT2D eigenvalue weighted by Crippen LogP contribution is 2.35. The van der Waals surface area contributed by atoms with Crippen LogP contribution in [0, 0.1) is 0 Å². The highest BCUT2D eigenvalue weighted by Gasteiger charge is 2.24. The van der Waals surface area contributed by atoms with Gasteiger partial charge in [-0.1, -0.05) is 0 Å². The zero-order chi connectivity index (χ0) is 17.3. The number of hydrogen-bond donors (Lipinski definition) is 1. The van der Waals surface area contributed by atoms with Crippen molar-refractivity contribution in [2.45, 2.75) is 0 Å². The largest absolute Gasteiger partial charge is 0.493 e. The SMILES string of the molecule is COc1cc(C(=O)O)c(C(=O)c2ccc3c(c2)OCO3)cc1OC. The second-order valence-electron chi connectivity index (χ2n) is 4.96. The molecule has 1 N–H and O–H groups in total. The minimum Gasteiger partial charge on any atom is -0.493 e. The molecule has 0 radical (unpaired) electrons. The molecule has 3 rings (SSSR count). The van der Waals surface area contributed by atoms with Crippen molar-refractivity contribution >= 4 is 11.8 Å². The van der Waals surface area contributed by atoms with Gasteiger partial charge < -0.3 is 24.1 Å². The van der Waals surface area contributed by atoms with E-state index in [0.717, 1.165) is 0 Å². The second kappa shape index (κ2) is 6.11. The zero-order valence-electron chi connectivity index (χ0n) is 13.0. The molecule has 1 heterocycles. The van der Waals surface area contributed by atoms with Crippen LogP contribution in [0.25, 0.3) is 0 Å². The Hall–Kier alpha value is -3.22. The van der Waals surface area contributed by atoms with E-state index in [1.54, 1.807) is 12.1 Å². The molecule has 7 heteroatoms. The first-order chi connectivity index (χ1) is 11.5. The van der Waals surface area contributed by atoms with Crippen molar-refractivity contribution in [2.24, 2.45) is 0 Å². The number of ether oxygens (including phenoxy) is 4. The summed E-state index contributed by atoms with van der Waals surface area (Å²) in [5.74, 6) is -0.217. The van der Waals surface area contributed by atoms with Crippen molar-refractivity contribution in [3.63, 3.8) is 0 Å². The average molecular weight is 330 g/mol. The molecule has 24 heavy (non-hydrogen) atoms. The van der Waals surface area contributed by atoms with Crippen molar-refractivity contribution < 1.29 is 33.6 Å². The van der Waals surface area contributed by atoms with Crippen LogP contribution in [0.15, 0.2) is 30.3 Å². The summed E-state index contributed by atoms with van der Waals surface area (Å²) in [6.07, 6.45) is 0. The number of aromatic carboxylic acids is 1. The third-order valence-electron chi connectivity index (χ3n) is 3.63. The number of methoxy groups -OCH3 is 2. The quantitative estimate of drug-likeness (QED) is 0.841. The maximum absolute atomic E-state index is 12.8. The molecular formula is C17H14O7. The van der Waals surface area contributed by atoms with Gasteiger partial charge in [0.2, 0.25) is 6.79 Å². The molecule has 7 nitrogen and oxygen atoms in total. The van der Waals surface area contributed by atoms with Crippen LogP contribution in [-0.2, 0) is 0 Å². The molecule has 0 bridgehead atoms. The lowest BCUT2D eigenvalue weighted by atomic mass is 9.97. The van der Waals surface area contributed by atoms with Gasteiger partial charge in [-0.25, -0.2) is 4.79 Å². The number of rotatable bonds is 5. The lowest BCUT2D eigenvalue weighted by Crippen LogP contribution is -2.11. The minimum absolute atomic E-state index is 0.000912. The average Bonchev–Trinajstić information content (AvgIpc) is 3.07. The van der Waals surface area contributed by atoms with Gasteiger partial charge in [0.25, 0.3) is 0 Å². The fourth-order valence-electron chi connectivity index (χ4n) is 2.44. The van der Waals surface area contributed by atoms with E-state index < -0.39 is 11.8 Å². The van der Waals surface area contributed by atoms with E-state index in [4.69, 9.17) is 18.9 Å². The van der Waals surface area contributed by atoms with E-state index in [1.807, 2.05) is 0 Å². The number of carbonyl (C=O) groups excluding carboxylic acids is 1. The molecule has 0 fully saturated rings. The zero-order valence-corrected chi connectivity index (χ0v) is 13.0. The van der Waals surface area contributed by atoms with E-state index >= 15 is 0 Å². The molecule has 0 amide bonds. The first kappa shape index (κ1) is 15.7. The Morgan fingerprint density at radius 3 is 2.21 bits per heavy atom. The molecule has 0 saturated heterocycles. The summed E-state index contributed by atoms with van der Waals surface area (Å²) < 4.78 is 20.7. The minimum atomic E-state index is -1.24. The monoisotopic (exact) mass is 330 g/mol. The smallest absolute Gasteiger partial charge is 0.336 e. The lowest BCUT2D eigenvalue weighted by molar-refractivity contribution is 0.0692. The summed E-state index contributed by atoms with van der Waals surface area (Å²) in [4.78, 5) is 24.3. The maximum Gasteiger partial charge on any atom is 0.336 e. The third-order valence-corrected chi connectivity index (χ3v) is 3.63. The van der Waals surface area contributed by atoms with Gasteiger partial charge >= 0.3 is 5.97 Å². The maximum atomic E-state index is 12.8. The molecule has 0 aromatic heterocycles. The summed E-state index contributed by atoms with van der Waals surface area (Å²) in [6.45, 7) is 0.0870. The van der Waals surface area contributed by atoms with Crippen LogP contribution >= 0.6 is 0 Å². The van der Waals surface area contributed by atoms with Crippen LogP contribution in [-0.4, -0.2) is 37.9 Å². The third kappa shape index (κ3) is 2.60. The van der Waals surface area contributed by atoms with Gasteiger partial charge in [-0.15, -0.1) is 0 Å². The predicted octanol–water partition coefficient (Wildman–Crippen LogP) is 2.36. The van der Waals surface area contributed by atoms with E-state index in [0.29, 0.717) is 11.5 Å². The van der Waals surface area contributed by atoms with Crippen molar-refractivity contribution in [1.29, 1.82) is 0 Å². The van der Waals surface area contributed by atoms with Gasteiger partial charge in [0, 0.05) is 11.1 Å². The molecule has 0 aliphatic carbocycles. The fraction of sp³-hybridized carbons (Fsp3) is 0.176. The predicted molar refractivity (Wildman–Crippen MR) is 82.5 cm³/mol. The first-order valence-corrected chi connectivity index (χ1v) is 6.98.